The third-order valence-corrected chi connectivity index (χ3v) is 3.17. The number of hydrogen-bond donors (Lipinski definition) is 3. The van der Waals surface area contributed by atoms with E-state index in [4.69, 9.17) is 5.11 Å². The summed E-state index contributed by atoms with van der Waals surface area (Å²) in [6, 6.07) is 0. The SMILES string of the molecule is CCCC(=O)NCC(=O)NC(CC)(CC)CC(=O)O. The van der Waals surface area contributed by atoms with Crippen molar-refractivity contribution < 1.29 is 19.5 Å². The summed E-state index contributed by atoms with van der Waals surface area (Å²) in [6.45, 7) is 5.44. The highest BCUT2D eigenvalue weighted by molar-refractivity contribution is 5.85. The van der Waals surface area contributed by atoms with Gasteiger partial charge in [0, 0.05) is 6.42 Å². The van der Waals surface area contributed by atoms with Crippen LogP contribution in [0.15, 0.2) is 0 Å². The lowest BCUT2D eigenvalue weighted by Gasteiger charge is -2.31. The van der Waals surface area contributed by atoms with E-state index in [1.807, 2.05) is 20.8 Å². The molecule has 0 rings (SSSR count). The first kappa shape index (κ1) is 17.4. The second-order valence-corrected chi connectivity index (χ2v) is 4.63. The Morgan fingerprint density at radius 2 is 1.63 bits per heavy atom. The molecule has 0 spiro atoms. The first-order chi connectivity index (χ1) is 8.89. The van der Waals surface area contributed by atoms with Gasteiger partial charge in [-0.05, 0) is 19.3 Å². The molecule has 0 saturated heterocycles. The molecule has 6 nitrogen and oxygen atoms in total. The summed E-state index contributed by atoms with van der Waals surface area (Å²) in [5, 5.41) is 14.1. The molecule has 0 bridgehead atoms. The highest BCUT2D eigenvalue weighted by atomic mass is 16.4. The zero-order chi connectivity index (χ0) is 14.9. The van der Waals surface area contributed by atoms with Gasteiger partial charge in [0.15, 0.2) is 0 Å². The van der Waals surface area contributed by atoms with E-state index in [1.54, 1.807) is 0 Å². The molecule has 2 amide bonds. The number of carbonyl (C=O) groups is 3. The Balaban J connectivity index is 4.39. The third kappa shape index (κ3) is 6.79. The number of aliphatic carboxylic acids is 1. The summed E-state index contributed by atoms with van der Waals surface area (Å²) in [5.41, 5.74) is -0.738. The third-order valence-electron chi connectivity index (χ3n) is 3.17. The molecule has 0 aromatic rings. The predicted octanol–water partition coefficient (Wildman–Crippen LogP) is 1.05. The molecule has 19 heavy (non-hydrogen) atoms. The summed E-state index contributed by atoms with van der Waals surface area (Å²) < 4.78 is 0. The van der Waals surface area contributed by atoms with Gasteiger partial charge in [-0.15, -0.1) is 0 Å². The van der Waals surface area contributed by atoms with Crippen LogP contribution in [0.3, 0.4) is 0 Å². The number of rotatable bonds is 9. The van der Waals surface area contributed by atoms with Crippen molar-refractivity contribution in [2.45, 2.75) is 58.4 Å². The average molecular weight is 272 g/mol. The minimum Gasteiger partial charge on any atom is -0.481 e. The molecule has 0 radical (unpaired) electrons. The van der Waals surface area contributed by atoms with Crippen LogP contribution in [-0.4, -0.2) is 35.0 Å². The topological polar surface area (TPSA) is 95.5 Å². The van der Waals surface area contributed by atoms with E-state index >= 15 is 0 Å². The van der Waals surface area contributed by atoms with Crippen molar-refractivity contribution in [1.82, 2.24) is 10.6 Å². The normalized spacial score (nSPS) is 10.9. The molecule has 0 aromatic carbocycles. The molecule has 0 aliphatic carbocycles. The van der Waals surface area contributed by atoms with E-state index < -0.39 is 11.5 Å². The summed E-state index contributed by atoms with van der Waals surface area (Å²) in [6.07, 6.45) is 2.05. The van der Waals surface area contributed by atoms with Crippen LogP contribution in [0.25, 0.3) is 0 Å². The van der Waals surface area contributed by atoms with Gasteiger partial charge in [-0.25, -0.2) is 0 Å². The van der Waals surface area contributed by atoms with Crippen LogP contribution in [0.4, 0.5) is 0 Å². The number of carbonyl (C=O) groups excluding carboxylic acids is 2. The molecule has 0 fully saturated rings. The monoisotopic (exact) mass is 272 g/mol. The second kappa shape index (κ2) is 8.50. The Morgan fingerprint density at radius 1 is 1.05 bits per heavy atom. The van der Waals surface area contributed by atoms with Crippen molar-refractivity contribution in [2.24, 2.45) is 0 Å². The molecular weight excluding hydrogens is 248 g/mol. The lowest BCUT2D eigenvalue weighted by atomic mass is 9.89. The number of hydrogen-bond acceptors (Lipinski definition) is 3. The van der Waals surface area contributed by atoms with Crippen molar-refractivity contribution in [3.05, 3.63) is 0 Å². The Hall–Kier alpha value is -1.59. The minimum absolute atomic E-state index is 0.111. The Kier molecular flexibility index (Phi) is 7.79. The lowest BCUT2D eigenvalue weighted by Crippen LogP contribution is -2.51. The van der Waals surface area contributed by atoms with Crippen molar-refractivity contribution in [3.8, 4) is 0 Å². The maximum Gasteiger partial charge on any atom is 0.305 e. The van der Waals surface area contributed by atoms with Crippen molar-refractivity contribution in [2.75, 3.05) is 6.54 Å². The van der Waals surface area contributed by atoms with Crippen molar-refractivity contribution >= 4 is 17.8 Å². The van der Waals surface area contributed by atoms with Gasteiger partial charge in [-0.2, -0.15) is 0 Å². The van der Waals surface area contributed by atoms with Gasteiger partial charge in [-0.1, -0.05) is 20.8 Å². The number of nitrogens with one attached hydrogen (secondary N) is 2. The van der Waals surface area contributed by atoms with Crippen LogP contribution in [-0.2, 0) is 14.4 Å². The molecule has 3 N–H and O–H groups in total. The Labute approximate surface area is 113 Å². The first-order valence-corrected chi connectivity index (χ1v) is 6.68. The number of carboxylic acids is 1. The minimum atomic E-state index is -0.945. The quantitative estimate of drug-likeness (QED) is 0.584. The van der Waals surface area contributed by atoms with Crippen LogP contribution < -0.4 is 10.6 Å². The summed E-state index contributed by atoms with van der Waals surface area (Å²) >= 11 is 0. The van der Waals surface area contributed by atoms with Gasteiger partial charge in [-0.3, -0.25) is 14.4 Å². The van der Waals surface area contributed by atoms with Crippen LogP contribution >= 0.6 is 0 Å². The zero-order valence-corrected chi connectivity index (χ0v) is 11.9. The predicted molar refractivity (Wildman–Crippen MR) is 71.6 cm³/mol. The fourth-order valence-corrected chi connectivity index (χ4v) is 1.84. The van der Waals surface area contributed by atoms with Crippen LogP contribution in [0.2, 0.25) is 0 Å². The van der Waals surface area contributed by atoms with E-state index in [-0.39, 0.29) is 24.8 Å². The van der Waals surface area contributed by atoms with E-state index in [2.05, 4.69) is 10.6 Å². The number of carboxylic acid groups (broad SMARTS) is 1. The molecule has 6 heteroatoms. The summed E-state index contributed by atoms with van der Waals surface area (Å²) in [5.74, 6) is -1.47. The van der Waals surface area contributed by atoms with Crippen LogP contribution in [0, 0.1) is 0 Å². The fraction of sp³-hybridized carbons (Fsp3) is 0.769. The average Bonchev–Trinajstić information content (AvgIpc) is 2.35. The molecule has 0 unspecified atom stereocenters. The molecule has 0 heterocycles. The van der Waals surface area contributed by atoms with E-state index in [0.717, 1.165) is 6.42 Å². The molecule has 110 valence electrons. The first-order valence-electron chi connectivity index (χ1n) is 6.68. The Bertz CT molecular complexity index is 325. The lowest BCUT2D eigenvalue weighted by molar-refractivity contribution is -0.139. The van der Waals surface area contributed by atoms with Crippen LogP contribution in [0.1, 0.15) is 52.9 Å². The number of amides is 2. The highest BCUT2D eigenvalue weighted by Crippen LogP contribution is 2.19. The van der Waals surface area contributed by atoms with Gasteiger partial charge in [0.05, 0.1) is 18.5 Å². The smallest absolute Gasteiger partial charge is 0.305 e. The Morgan fingerprint density at radius 3 is 2.05 bits per heavy atom. The molecule has 0 atom stereocenters. The van der Waals surface area contributed by atoms with Gasteiger partial charge < -0.3 is 15.7 Å². The molecular formula is C13H24N2O4. The van der Waals surface area contributed by atoms with E-state index in [1.165, 1.54) is 0 Å². The van der Waals surface area contributed by atoms with Crippen molar-refractivity contribution in [1.29, 1.82) is 0 Å². The van der Waals surface area contributed by atoms with E-state index in [9.17, 15) is 14.4 Å². The highest BCUT2D eigenvalue weighted by Gasteiger charge is 2.30. The molecule has 0 aliphatic heterocycles. The summed E-state index contributed by atoms with van der Waals surface area (Å²) in [4.78, 5) is 33.8. The maximum atomic E-state index is 11.7. The maximum absolute atomic E-state index is 11.7. The molecule has 0 aromatic heterocycles. The summed E-state index contributed by atoms with van der Waals surface area (Å²) in [7, 11) is 0. The van der Waals surface area contributed by atoms with Gasteiger partial charge >= 0.3 is 5.97 Å². The molecule has 0 aliphatic rings. The zero-order valence-electron chi connectivity index (χ0n) is 11.9. The van der Waals surface area contributed by atoms with E-state index in [0.29, 0.717) is 19.3 Å². The second-order valence-electron chi connectivity index (χ2n) is 4.63. The van der Waals surface area contributed by atoms with Gasteiger partial charge in [0.1, 0.15) is 0 Å². The van der Waals surface area contributed by atoms with Crippen LogP contribution in [0.5, 0.6) is 0 Å². The van der Waals surface area contributed by atoms with Gasteiger partial charge in [0.2, 0.25) is 11.8 Å². The standard InChI is InChI=1S/C13H24N2O4/c1-4-7-10(16)14-9-11(17)15-13(5-2,6-3)8-12(18)19/h4-9H2,1-3H3,(H,14,16)(H,15,17)(H,18,19). The van der Waals surface area contributed by atoms with Gasteiger partial charge in [0.25, 0.3) is 0 Å². The molecule has 0 saturated carbocycles. The fourth-order valence-electron chi connectivity index (χ4n) is 1.84. The van der Waals surface area contributed by atoms with Crippen molar-refractivity contribution in [3.63, 3.8) is 0 Å². The largest absolute Gasteiger partial charge is 0.481 e.